The lowest BCUT2D eigenvalue weighted by atomic mass is 9.95. The van der Waals surface area contributed by atoms with E-state index in [-0.39, 0.29) is 12.5 Å². The van der Waals surface area contributed by atoms with Gasteiger partial charge in [-0.05, 0) is 68.1 Å². The number of ether oxygens (including phenoxy) is 2. The molecule has 7 heteroatoms. The summed E-state index contributed by atoms with van der Waals surface area (Å²) in [6, 6.07) is 18.0. The second kappa shape index (κ2) is 10.4. The molecule has 0 saturated carbocycles. The molecule has 1 N–H and O–H groups in total. The van der Waals surface area contributed by atoms with Crippen LogP contribution in [0, 0.1) is 11.3 Å². The van der Waals surface area contributed by atoms with E-state index in [1.807, 2.05) is 60.5 Å². The predicted octanol–water partition coefficient (Wildman–Crippen LogP) is 4.32. The molecule has 176 valence electrons. The van der Waals surface area contributed by atoms with Crippen molar-refractivity contribution in [1.82, 2.24) is 9.47 Å². The molecule has 2 aromatic carbocycles. The summed E-state index contributed by atoms with van der Waals surface area (Å²) in [5, 5.41) is 13.0. The first-order valence-corrected chi connectivity index (χ1v) is 11.5. The Balaban J connectivity index is 1.55. The standard InChI is InChI=1S/C27H30N4O3/c1-30(17-19-13-14-24(33-2)25(15-19)34-3)18-26(32)29-27-22(16-28)21-11-7-8-12-23(21)31(27)20-9-5-4-6-10-20/h4-6,9-10,13-15H,7-8,11-12,17-18H2,1-3H3,(H,29,32). The van der Waals surface area contributed by atoms with Crippen molar-refractivity contribution in [3.63, 3.8) is 0 Å². The summed E-state index contributed by atoms with van der Waals surface area (Å²) >= 11 is 0. The lowest BCUT2D eigenvalue weighted by molar-refractivity contribution is -0.117. The smallest absolute Gasteiger partial charge is 0.239 e. The van der Waals surface area contributed by atoms with Gasteiger partial charge in [0.05, 0.1) is 26.3 Å². The second-order valence-electron chi connectivity index (χ2n) is 8.55. The summed E-state index contributed by atoms with van der Waals surface area (Å²) in [6.45, 7) is 0.749. The number of amides is 1. The number of nitrogens with zero attached hydrogens (tertiary/aromatic N) is 3. The van der Waals surface area contributed by atoms with Crippen molar-refractivity contribution in [3.05, 3.63) is 70.9 Å². The van der Waals surface area contributed by atoms with E-state index in [4.69, 9.17) is 9.47 Å². The molecule has 1 aliphatic rings. The van der Waals surface area contributed by atoms with Crippen molar-refractivity contribution in [1.29, 1.82) is 5.26 Å². The molecule has 4 rings (SSSR count). The zero-order valence-electron chi connectivity index (χ0n) is 19.9. The van der Waals surface area contributed by atoms with Gasteiger partial charge in [0.15, 0.2) is 11.5 Å². The first-order chi connectivity index (χ1) is 16.5. The van der Waals surface area contributed by atoms with E-state index in [0.29, 0.717) is 29.4 Å². The fourth-order valence-corrected chi connectivity index (χ4v) is 4.66. The van der Waals surface area contributed by atoms with E-state index in [1.54, 1.807) is 14.2 Å². The molecule has 0 aliphatic heterocycles. The normalized spacial score (nSPS) is 12.7. The Hall–Kier alpha value is -3.76. The lowest BCUT2D eigenvalue weighted by Gasteiger charge is -2.19. The van der Waals surface area contributed by atoms with Crippen LogP contribution in [0.25, 0.3) is 5.69 Å². The maximum atomic E-state index is 13.1. The molecule has 0 saturated heterocycles. The van der Waals surface area contributed by atoms with Gasteiger partial charge in [-0.25, -0.2) is 0 Å². The molecule has 1 aromatic heterocycles. The third-order valence-electron chi connectivity index (χ3n) is 6.17. The minimum absolute atomic E-state index is 0.161. The third kappa shape index (κ3) is 4.78. The summed E-state index contributed by atoms with van der Waals surface area (Å²) < 4.78 is 12.7. The van der Waals surface area contributed by atoms with Crippen molar-refractivity contribution < 1.29 is 14.3 Å². The minimum Gasteiger partial charge on any atom is -0.493 e. The third-order valence-corrected chi connectivity index (χ3v) is 6.17. The number of anilines is 1. The minimum atomic E-state index is -0.161. The topological polar surface area (TPSA) is 79.5 Å². The largest absolute Gasteiger partial charge is 0.493 e. The Morgan fingerprint density at radius 3 is 2.53 bits per heavy atom. The van der Waals surface area contributed by atoms with Gasteiger partial charge in [-0.3, -0.25) is 14.3 Å². The number of methoxy groups -OCH3 is 2. The predicted molar refractivity (Wildman–Crippen MR) is 132 cm³/mol. The highest BCUT2D eigenvalue weighted by Gasteiger charge is 2.27. The van der Waals surface area contributed by atoms with Crippen molar-refractivity contribution in [2.45, 2.75) is 32.2 Å². The maximum Gasteiger partial charge on any atom is 0.239 e. The van der Waals surface area contributed by atoms with Gasteiger partial charge >= 0.3 is 0 Å². The first-order valence-electron chi connectivity index (χ1n) is 11.5. The average Bonchev–Trinajstić information content (AvgIpc) is 3.16. The van der Waals surface area contributed by atoms with E-state index in [2.05, 4.69) is 16.0 Å². The number of nitriles is 1. The monoisotopic (exact) mass is 458 g/mol. The van der Waals surface area contributed by atoms with Crippen LogP contribution < -0.4 is 14.8 Å². The van der Waals surface area contributed by atoms with Crippen LogP contribution in [0.5, 0.6) is 11.5 Å². The molecule has 0 spiro atoms. The number of rotatable bonds is 8. The zero-order valence-corrected chi connectivity index (χ0v) is 19.9. The summed E-state index contributed by atoms with van der Waals surface area (Å²) in [5.74, 6) is 1.74. The van der Waals surface area contributed by atoms with Gasteiger partial charge in [0, 0.05) is 17.9 Å². The average molecular weight is 459 g/mol. The molecule has 0 fully saturated rings. The zero-order chi connectivity index (χ0) is 24.1. The SMILES string of the molecule is COc1ccc(CN(C)CC(=O)Nc2c(C#N)c3c(n2-c2ccccc2)CCCC3)cc1OC. The van der Waals surface area contributed by atoms with E-state index in [1.165, 1.54) is 0 Å². The number of aromatic nitrogens is 1. The summed E-state index contributed by atoms with van der Waals surface area (Å²) in [7, 11) is 5.10. The van der Waals surface area contributed by atoms with E-state index in [0.717, 1.165) is 48.2 Å². The summed E-state index contributed by atoms with van der Waals surface area (Å²) in [5.41, 5.74) is 4.73. The molecule has 1 aliphatic carbocycles. The highest BCUT2D eigenvalue weighted by Crippen LogP contribution is 2.35. The summed E-state index contributed by atoms with van der Waals surface area (Å²) in [4.78, 5) is 15.0. The van der Waals surface area contributed by atoms with Crippen LogP contribution >= 0.6 is 0 Å². The Morgan fingerprint density at radius 1 is 1.09 bits per heavy atom. The molecule has 0 bridgehead atoms. The van der Waals surface area contributed by atoms with Gasteiger partial charge < -0.3 is 14.8 Å². The molecule has 34 heavy (non-hydrogen) atoms. The number of likely N-dealkylation sites (N-methyl/N-ethyl adjacent to an activating group) is 1. The Morgan fingerprint density at radius 2 is 1.82 bits per heavy atom. The first kappa shape index (κ1) is 23.4. The van der Waals surface area contributed by atoms with Gasteiger partial charge in [-0.15, -0.1) is 0 Å². The second-order valence-corrected chi connectivity index (χ2v) is 8.55. The number of hydrogen-bond donors (Lipinski definition) is 1. The Bertz CT molecular complexity index is 1210. The molecule has 1 heterocycles. The van der Waals surface area contributed by atoms with Crippen LogP contribution in [0.4, 0.5) is 5.82 Å². The van der Waals surface area contributed by atoms with Crippen molar-refractivity contribution in [3.8, 4) is 23.3 Å². The van der Waals surface area contributed by atoms with Crippen LogP contribution in [0.2, 0.25) is 0 Å². The number of hydrogen-bond acceptors (Lipinski definition) is 5. The molecule has 0 atom stereocenters. The van der Waals surface area contributed by atoms with E-state index in [9.17, 15) is 10.1 Å². The number of carbonyl (C=O) groups is 1. The van der Waals surface area contributed by atoms with Crippen molar-refractivity contribution >= 4 is 11.7 Å². The van der Waals surface area contributed by atoms with Crippen LogP contribution in [0.15, 0.2) is 48.5 Å². The highest BCUT2D eigenvalue weighted by atomic mass is 16.5. The number of para-hydroxylation sites is 1. The molecular formula is C27H30N4O3. The van der Waals surface area contributed by atoms with Gasteiger partial charge in [0.25, 0.3) is 0 Å². The van der Waals surface area contributed by atoms with E-state index < -0.39 is 0 Å². The Labute approximate surface area is 200 Å². The van der Waals surface area contributed by atoms with E-state index >= 15 is 0 Å². The number of benzene rings is 2. The van der Waals surface area contributed by atoms with Crippen LogP contribution in [-0.2, 0) is 24.2 Å². The molecule has 0 radical (unpaired) electrons. The maximum absolute atomic E-state index is 13.1. The van der Waals surface area contributed by atoms with Gasteiger partial charge in [0.2, 0.25) is 5.91 Å². The number of fused-ring (bicyclic) bond motifs is 1. The van der Waals surface area contributed by atoms with Crippen LogP contribution in [0.3, 0.4) is 0 Å². The Kier molecular flexibility index (Phi) is 7.19. The fraction of sp³-hybridized carbons (Fsp3) is 0.333. The number of nitrogens with one attached hydrogen (secondary N) is 1. The van der Waals surface area contributed by atoms with Gasteiger partial charge in [-0.1, -0.05) is 24.3 Å². The van der Waals surface area contributed by atoms with Crippen molar-refractivity contribution in [2.24, 2.45) is 0 Å². The van der Waals surface area contributed by atoms with Gasteiger partial charge in [-0.2, -0.15) is 5.26 Å². The van der Waals surface area contributed by atoms with Gasteiger partial charge in [0.1, 0.15) is 11.9 Å². The molecule has 7 nitrogen and oxygen atoms in total. The molecule has 1 amide bonds. The van der Waals surface area contributed by atoms with Crippen molar-refractivity contribution in [2.75, 3.05) is 33.1 Å². The molecular weight excluding hydrogens is 428 g/mol. The highest BCUT2D eigenvalue weighted by molar-refractivity contribution is 5.93. The molecule has 0 unspecified atom stereocenters. The van der Waals surface area contributed by atoms with Crippen LogP contribution in [-0.4, -0.2) is 43.2 Å². The number of carbonyl (C=O) groups excluding carboxylic acids is 1. The van der Waals surface area contributed by atoms with Crippen LogP contribution in [0.1, 0.15) is 35.2 Å². The fourth-order valence-electron chi connectivity index (χ4n) is 4.66. The summed E-state index contributed by atoms with van der Waals surface area (Å²) in [6.07, 6.45) is 3.90. The lowest BCUT2D eigenvalue weighted by Crippen LogP contribution is -2.30. The molecule has 3 aromatic rings. The quantitative estimate of drug-likeness (QED) is 0.544.